The lowest BCUT2D eigenvalue weighted by molar-refractivity contribution is 0.191. The maximum Gasteiger partial charge on any atom is 0.0252 e. The Morgan fingerprint density at radius 2 is 2.07 bits per heavy atom. The lowest BCUT2D eigenvalue weighted by Gasteiger charge is -2.37. The van der Waals surface area contributed by atoms with Crippen LogP contribution in [-0.2, 0) is 0 Å². The van der Waals surface area contributed by atoms with Crippen LogP contribution in [-0.4, -0.2) is 12.1 Å². The van der Waals surface area contributed by atoms with Crippen molar-refractivity contribution in [2.45, 2.75) is 70.9 Å². The maximum atomic E-state index is 3.83. The van der Waals surface area contributed by atoms with Crippen molar-refractivity contribution in [3.05, 3.63) is 12.2 Å². The number of rotatable bonds is 2. The van der Waals surface area contributed by atoms with E-state index < -0.39 is 0 Å². The van der Waals surface area contributed by atoms with Crippen molar-refractivity contribution >= 4 is 0 Å². The molecule has 0 heterocycles. The Kier molecular flexibility index (Phi) is 3.50. The molecule has 0 saturated heterocycles. The average molecular weight is 207 g/mol. The number of allylic oxidation sites excluding steroid dienone is 1. The maximum absolute atomic E-state index is 3.83. The Morgan fingerprint density at radius 3 is 2.73 bits per heavy atom. The molecule has 1 saturated carbocycles. The van der Waals surface area contributed by atoms with Gasteiger partial charge in [-0.1, -0.05) is 32.4 Å². The van der Waals surface area contributed by atoms with Crippen LogP contribution in [0.25, 0.3) is 0 Å². The van der Waals surface area contributed by atoms with Gasteiger partial charge in [-0.3, -0.25) is 0 Å². The number of nitrogens with one attached hydrogen (secondary N) is 1. The highest BCUT2D eigenvalue weighted by atomic mass is 14.9. The van der Waals surface area contributed by atoms with Crippen LogP contribution in [0.2, 0.25) is 0 Å². The Labute approximate surface area is 94.3 Å². The van der Waals surface area contributed by atoms with Crippen molar-refractivity contribution in [2.24, 2.45) is 5.41 Å². The second kappa shape index (κ2) is 4.69. The predicted octanol–water partition coefficient (Wildman–Crippen LogP) is 3.65. The lowest BCUT2D eigenvalue weighted by atomic mass is 9.75. The van der Waals surface area contributed by atoms with Crippen molar-refractivity contribution < 1.29 is 0 Å². The van der Waals surface area contributed by atoms with Gasteiger partial charge in [-0.15, -0.1) is 0 Å². The summed E-state index contributed by atoms with van der Waals surface area (Å²) in [5, 5.41) is 3.83. The minimum Gasteiger partial charge on any atom is -0.308 e. The Hall–Kier alpha value is -0.300. The summed E-state index contributed by atoms with van der Waals surface area (Å²) in [6, 6.07) is 1.43. The molecule has 0 radical (unpaired) electrons. The van der Waals surface area contributed by atoms with Crippen LogP contribution >= 0.6 is 0 Å². The molecule has 1 fully saturated rings. The van der Waals surface area contributed by atoms with E-state index in [0.29, 0.717) is 11.5 Å². The van der Waals surface area contributed by atoms with E-state index >= 15 is 0 Å². The van der Waals surface area contributed by atoms with E-state index in [4.69, 9.17) is 0 Å². The fourth-order valence-electron chi connectivity index (χ4n) is 3.09. The van der Waals surface area contributed by atoms with Gasteiger partial charge in [0.1, 0.15) is 0 Å². The Balaban J connectivity index is 1.83. The second-order valence-electron chi connectivity index (χ2n) is 6.09. The molecule has 2 atom stereocenters. The first-order chi connectivity index (χ1) is 7.16. The van der Waals surface area contributed by atoms with Crippen LogP contribution in [0, 0.1) is 5.41 Å². The van der Waals surface area contributed by atoms with E-state index in [1.165, 1.54) is 44.9 Å². The zero-order valence-corrected chi connectivity index (χ0v) is 10.3. The van der Waals surface area contributed by atoms with Crippen LogP contribution in [0.15, 0.2) is 12.2 Å². The van der Waals surface area contributed by atoms with E-state index in [1.54, 1.807) is 0 Å². The molecular formula is C14H25N. The monoisotopic (exact) mass is 207 g/mol. The predicted molar refractivity (Wildman–Crippen MR) is 66.0 cm³/mol. The average Bonchev–Trinajstić information content (AvgIpc) is 2.17. The quantitative estimate of drug-likeness (QED) is 0.681. The molecule has 86 valence electrons. The van der Waals surface area contributed by atoms with Crippen LogP contribution in [0.4, 0.5) is 0 Å². The first-order valence-electron chi connectivity index (χ1n) is 6.58. The van der Waals surface area contributed by atoms with Crippen molar-refractivity contribution in [3.63, 3.8) is 0 Å². The molecule has 2 aliphatic carbocycles. The summed E-state index contributed by atoms with van der Waals surface area (Å²) in [5.74, 6) is 0. The zero-order valence-electron chi connectivity index (χ0n) is 10.3. The molecule has 2 rings (SSSR count). The van der Waals surface area contributed by atoms with Gasteiger partial charge in [0.25, 0.3) is 0 Å². The second-order valence-corrected chi connectivity index (χ2v) is 6.09. The van der Waals surface area contributed by atoms with Crippen LogP contribution in [0.5, 0.6) is 0 Å². The van der Waals surface area contributed by atoms with Crippen LogP contribution < -0.4 is 5.32 Å². The van der Waals surface area contributed by atoms with E-state index in [9.17, 15) is 0 Å². The van der Waals surface area contributed by atoms with Gasteiger partial charge in [0.15, 0.2) is 0 Å². The van der Waals surface area contributed by atoms with Gasteiger partial charge in [-0.25, -0.2) is 0 Å². The first-order valence-corrected chi connectivity index (χ1v) is 6.58. The smallest absolute Gasteiger partial charge is 0.0252 e. The van der Waals surface area contributed by atoms with Gasteiger partial charge in [0.2, 0.25) is 0 Å². The topological polar surface area (TPSA) is 12.0 Å². The summed E-state index contributed by atoms with van der Waals surface area (Å²) in [5.41, 5.74) is 0.564. The molecule has 1 N–H and O–H groups in total. The lowest BCUT2D eigenvalue weighted by Crippen LogP contribution is -2.42. The highest BCUT2D eigenvalue weighted by molar-refractivity contribution is 4.99. The van der Waals surface area contributed by atoms with E-state index in [1.807, 2.05) is 0 Å². The van der Waals surface area contributed by atoms with Gasteiger partial charge in [0.05, 0.1) is 0 Å². The molecule has 0 bridgehead atoms. The molecule has 0 aliphatic heterocycles. The highest BCUT2D eigenvalue weighted by Crippen LogP contribution is 2.35. The van der Waals surface area contributed by atoms with Gasteiger partial charge in [0, 0.05) is 12.1 Å². The molecule has 15 heavy (non-hydrogen) atoms. The summed E-state index contributed by atoms with van der Waals surface area (Å²) in [6.07, 6.45) is 14.3. The number of hydrogen-bond donors (Lipinski definition) is 1. The highest BCUT2D eigenvalue weighted by Gasteiger charge is 2.28. The van der Waals surface area contributed by atoms with Crippen LogP contribution in [0.1, 0.15) is 58.8 Å². The van der Waals surface area contributed by atoms with Crippen molar-refractivity contribution in [3.8, 4) is 0 Å². The fraction of sp³-hybridized carbons (Fsp3) is 0.857. The summed E-state index contributed by atoms with van der Waals surface area (Å²) in [4.78, 5) is 0. The standard InChI is InChI=1S/C14H25N/c1-14(2)10-6-9-13(11-14)15-12-7-4-3-5-8-12/h4,7,12-13,15H,3,5-6,8-11H2,1-2H3. The largest absolute Gasteiger partial charge is 0.308 e. The van der Waals surface area contributed by atoms with Gasteiger partial charge < -0.3 is 5.32 Å². The zero-order chi connectivity index (χ0) is 10.7. The SMILES string of the molecule is CC1(C)CCCC(NC2C=CCCC2)C1. The fourth-order valence-corrected chi connectivity index (χ4v) is 3.09. The van der Waals surface area contributed by atoms with Crippen molar-refractivity contribution in [1.82, 2.24) is 5.32 Å². The first kappa shape index (κ1) is 11.2. The van der Waals surface area contributed by atoms with Gasteiger partial charge in [-0.2, -0.15) is 0 Å². The van der Waals surface area contributed by atoms with Crippen molar-refractivity contribution in [1.29, 1.82) is 0 Å². The molecule has 0 spiro atoms. The van der Waals surface area contributed by atoms with Gasteiger partial charge in [-0.05, 0) is 43.9 Å². The summed E-state index contributed by atoms with van der Waals surface area (Å²) >= 11 is 0. The van der Waals surface area contributed by atoms with Gasteiger partial charge >= 0.3 is 0 Å². The van der Waals surface area contributed by atoms with Crippen LogP contribution in [0.3, 0.4) is 0 Å². The third kappa shape index (κ3) is 3.34. The molecule has 2 aliphatic rings. The molecule has 1 nitrogen and oxygen atoms in total. The third-order valence-electron chi connectivity index (χ3n) is 3.91. The molecule has 1 heteroatoms. The van der Waals surface area contributed by atoms with Crippen molar-refractivity contribution in [2.75, 3.05) is 0 Å². The molecule has 0 aromatic rings. The Morgan fingerprint density at radius 1 is 1.20 bits per heavy atom. The summed E-state index contributed by atoms with van der Waals surface area (Å²) < 4.78 is 0. The molecule has 0 aromatic heterocycles. The van der Waals surface area contributed by atoms with E-state index in [-0.39, 0.29) is 0 Å². The Bertz CT molecular complexity index is 229. The molecule has 0 aromatic carbocycles. The summed E-state index contributed by atoms with van der Waals surface area (Å²) in [7, 11) is 0. The molecular weight excluding hydrogens is 182 g/mol. The normalized spacial score (nSPS) is 35.3. The molecule has 2 unspecified atom stereocenters. The number of hydrogen-bond acceptors (Lipinski definition) is 1. The minimum atomic E-state index is 0.564. The molecule has 0 amide bonds. The third-order valence-corrected chi connectivity index (χ3v) is 3.91. The minimum absolute atomic E-state index is 0.564. The van der Waals surface area contributed by atoms with E-state index in [0.717, 1.165) is 6.04 Å². The summed E-state index contributed by atoms with van der Waals surface area (Å²) in [6.45, 7) is 4.83. The van der Waals surface area contributed by atoms with E-state index in [2.05, 4.69) is 31.3 Å².